The highest BCUT2D eigenvalue weighted by molar-refractivity contribution is 5.67. The number of rotatable bonds is 2. The molecule has 0 saturated carbocycles. The van der Waals surface area contributed by atoms with E-state index in [0.29, 0.717) is 0 Å². The summed E-state index contributed by atoms with van der Waals surface area (Å²) >= 11 is 0. The van der Waals surface area contributed by atoms with Gasteiger partial charge < -0.3 is 9.47 Å². The lowest BCUT2D eigenvalue weighted by atomic mass is 10.1. The van der Waals surface area contributed by atoms with Gasteiger partial charge in [0.05, 0.1) is 0 Å². The van der Waals surface area contributed by atoms with Crippen LogP contribution in [0.15, 0.2) is 30.3 Å². The Kier molecular flexibility index (Phi) is 2.04. The van der Waals surface area contributed by atoms with Gasteiger partial charge in [-0.1, -0.05) is 30.3 Å². The average molecular weight is 192 g/mol. The summed E-state index contributed by atoms with van der Waals surface area (Å²) in [5, 5.41) is 0. The molecule has 1 saturated heterocycles. The molecule has 0 bridgehead atoms. The summed E-state index contributed by atoms with van der Waals surface area (Å²) in [7, 11) is 0. The van der Waals surface area contributed by atoms with Gasteiger partial charge in [0.15, 0.2) is 0 Å². The summed E-state index contributed by atoms with van der Waals surface area (Å²) in [5.41, 5.74) is 0.891. The first-order valence-electron chi connectivity index (χ1n) is 4.58. The largest absolute Gasteiger partial charge is 0.426 e. The van der Waals surface area contributed by atoms with Crippen molar-refractivity contribution in [3.63, 3.8) is 0 Å². The minimum atomic E-state index is -0.826. The van der Waals surface area contributed by atoms with E-state index in [-0.39, 0.29) is 12.1 Å². The minimum absolute atomic E-state index is 0.0613. The average Bonchev–Trinajstić information content (AvgIpc) is 2.78. The molecule has 0 aliphatic carbocycles. The number of epoxide rings is 1. The molecule has 0 N–H and O–H groups in total. The number of ether oxygens (including phenoxy) is 2. The fourth-order valence-corrected chi connectivity index (χ4v) is 1.58. The third-order valence-electron chi connectivity index (χ3n) is 2.30. The van der Waals surface area contributed by atoms with Gasteiger partial charge >= 0.3 is 5.97 Å². The maximum absolute atomic E-state index is 10.9. The van der Waals surface area contributed by atoms with E-state index in [9.17, 15) is 4.79 Å². The third kappa shape index (κ3) is 1.40. The second-order valence-electron chi connectivity index (χ2n) is 3.39. The van der Waals surface area contributed by atoms with Gasteiger partial charge in [-0.05, 0) is 6.92 Å². The Morgan fingerprint density at radius 2 is 2.00 bits per heavy atom. The molecule has 2 atom stereocenters. The first-order chi connectivity index (χ1) is 6.65. The molecule has 0 unspecified atom stereocenters. The molecule has 0 aromatic heterocycles. The van der Waals surface area contributed by atoms with E-state index < -0.39 is 5.79 Å². The normalized spacial score (nSPS) is 29.7. The molecular formula is C11H12O3. The number of benzene rings is 1. The van der Waals surface area contributed by atoms with Gasteiger partial charge in [-0.25, -0.2) is 0 Å². The Hall–Kier alpha value is -1.35. The Bertz CT molecular complexity index is 347. The summed E-state index contributed by atoms with van der Waals surface area (Å²) in [6, 6.07) is 9.50. The zero-order valence-electron chi connectivity index (χ0n) is 8.19. The SMILES string of the molecule is CC(=O)O[C@@]1(c2ccccc2)O[C@H]1C. The van der Waals surface area contributed by atoms with Gasteiger partial charge in [-0.15, -0.1) is 0 Å². The fraction of sp³-hybridized carbons (Fsp3) is 0.364. The second kappa shape index (κ2) is 3.10. The number of esters is 1. The molecule has 1 aliphatic rings. The van der Waals surface area contributed by atoms with Gasteiger partial charge in [0, 0.05) is 12.5 Å². The topological polar surface area (TPSA) is 38.8 Å². The van der Waals surface area contributed by atoms with Gasteiger partial charge in [-0.2, -0.15) is 0 Å². The van der Waals surface area contributed by atoms with Crippen molar-refractivity contribution in [1.82, 2.24) is 0 Å². The summed E-state index contributed by atoms with van der Waals surface area (Å²) in [6.07, 6.45) is -0.0613. The second-order valence-corrected chi connectivity index (χ2v) is 3.39. The van der Waals surface area contributed by atoms with Crippen molar-refractivity contribution in [3.05, 3.63) is 35.9 Å². The zero-order valence-corrected chi connectivity index (χ0v) is 8.19. The van der Waals surface area contributed by atoms with Crippen LogP contribution in [0.4, 0.5) is 0 Å². The molecule has 0 radical (unpaired) electrons. The van der Waals surface area contributed by atoms with Crippen molar-refractivity contribution < 1.29 is 14.3 Å². The molecule has 0 amide bonds. The third-order valence-corrected chi connectivity index (χ3v) is 2.30. The van der Waals surface area contributed by atoms with Crippen molar-refractivity contribution in [1.29, 1.82) is 0 Å². The number of carbonyl (C=O) groups excluding carboxylic acids is 1. The molecular weight excluding hydrogens is 180 g/mol. The van der Waals surface area contributed by atoms with Gasteiger partial charge in [0.25, 0.3) is 5.79 Å². The van der Waals surface area contributed by atoms with Crippen molar-refractivity contribution in [2.24, 2.45) is 0 Å². The predicted octanol–water partition coefficient (Wildman–Crippen LogP) is 1.82. The van der Waals surface area contributed by atoms with Gasteiger partial charge in [-0.3, -0.25) is 4.79 Å². The highest BCUT2D eigenvalue weighted by Crippen LogP contribution is 2.46. The van der Waals surface area contributed by atoms with Crippen LogP contribution >= 0.6 is 0 Å². The minimum Gasteiger partial charge on any atom is -0.426 e. The highest BCUT2D eigenvalue weighted by Gasteiger charge is 2.58. The number of hydrogen-bond donors (Lipinski definition) is 0. The Balaban J connectivity index is 2.27. The maximum atomic E-state index is 10.9. The lowest BCUT2D eigenvalue weighted by Gasteiger charge is -2.12. The monoisotopic (exact) mass is 192 g/mol. The van der Waals surface area contributed by atoms with Crippen LogP contribution in [0.1, 0.15) is 19.4 Å². The number of hydrogen-bond acceptors (Lipinski definition) is 3. The van der Waals surface area contributed by atoms with Crippen LogP contribution in [0.25, 0.3) is 0 Å². The zero-order chi connectivity index (χ0) is 10.2. The van der Waals surface area contributed by atoms with Crippen LogP contribution in [0.2, 0.25) is 0 Å². The smallest absolute Gasteiger partial charge is 0.305 e. The van der Waals surface area contributed by atoms with Crippen molar-refractivity contribution in [3.8, 4) is 0 Å². The Morgan fingerprint density at radius 1 is 1.43 bits per heavy atom. The molecule has 14 heavy (non-hydrogen) atoms. The molecule has 1 aromatic carbocycles. The highest BCUT2D eigenvalue weighted by atomic mass is 16.8. The molecule has 3 heteroatoms. The van der Waals surface area contributed by atoms with Gasteiger partial charge in [0.2, 0.25) is 0 Å². The molecule has 2 rings (SSSR count). The van der Waals surface area contributed by atoms with Crippen LogP contribution < -0.4 is 0 Å². The van der Waals surface area contributed by atoms with Crippen molar-refractivity contribution >= 4 is 5.97 Å². The van der Waals surface area contributed by atoms with Crippen molar-refractivity contribution in [2.45, 2.75) is 25.7 Å². The lowest BCUT2D eigenvalue weighted by molar-refractivity contribution is -0.157. The summed E-state index contributed by atoms with van der Waals surface area (Å²) in [5.74, 6) is -1.15. The van der Waals surface area contributed by atoms with E-state index in [0.717, 1.165) is 5.56 Å². The molecule has 3 nitrogen and oxygen atoms in total. The Labute approximate surface area is 82.6 Å². The maximum Gasteiger partial charge on any atom is 0.305 e. The quantitative estimate of drug-likeness (QED) is 0.530. The summed E-state index contributed by atoms with van der Waals surface area (Å²) in [6.45, 7) is 3.27. The molecule has 1 fully saturated rings. The first-order valence-corrected chi connectivity index (χ1v) is 4.58. The van der Waals surface area contributed by atoms with E-state index in [2.05, 4.69) is 0 Å². The summed E-state index contributed by atoms with van der Waals surface area (Å²) in [4.78, 5) is 10.9. The standard InChI is InChI=1S/C11H12O3/c1-8-11(13-8,14-9(2)12)10-6-4-3-5-7-10/h3-8H,1-2H3/t8-,11-/m0/s1. The van der Waals surface area contributed by atoms with Crippen molar-refractivity contribution in [2.75, 3.05) is 0 Å². The fourth-order valence-electron chi connectivity index (χ4n) is 1.58. The number of carbonyl (C=O) groups is 1. The molecule has 74 valence electrons. The first kappa shape index (κ1) is 9.21. The van der Waals surface area contributed by atoms with E-state index >= 15 is 0 Å². The van der Waals surface area contributed by atoms with Crippen LogP contribution in [-0.4, -0.2) is 12.1 Å². The van der Waals surface area contributed by atoms with E-state index in [1.54, 1.807) is 0 Å². The van der Waals surface area contributed by atoms with E-state index in [4.69, 9.17) is 9.47 Å². The van der Waals surface area contributed by atoms with Gasteiger partial charge in [0.1, 0.15) is 6.10 Å². The van der Waals surface area contributed by atoms with E-state index in [1.807, 2.05) is 37.3 Å². The van der Waals surface area contributed by atoms with Crippen LogP contribution in [0.3, 0.4) is 0 Å². The Morgan fingerprint density at radius 3 is 2.43 bits per heavy atom. The van der Waals surface area contributed by atoms with E-state index in [1.165, 1.54) is 6.92 Å². The molecule has 1 aromatic rings. The predicted molar refractivity (Wildman–Crippen MR) is 50.4 cm³/mol. The van der Waals surface area contributed by atoms with Crippen LogP contribution in [0.5, 0.6) is 0 Å². The molecule has 1 aliphatic heterocycles. The van der Waals surface area contributed by atoms with Crippen LogP contribution in [0, 0.1) is 0 Å². The summed E-state index contributed by atoms with van der Waals surface area (Å²) < 4.78 is 10.5. The molecule has 1 heterocycles. The van der Waals surface area contributed by atoms with Crippen LogP contribution in [-0.2, 0) is 20.1 Å². The lowest BCUT2D eigenvalue weighted by Crippen LogP contribution is -2.19. The molecule has 0 spiro atoms.